The van der Waals surface area contributed by atoms with Gasteiger partial charge in [0.1, 0.15) is 17.6 Å². The summed E-state index contributed by atoms with van der Waals surface area (Å²) in [5.41, 5.74) is 2.86. The number of amides is 2. The molecule has 0 radical (unpaired) electrons. The van der Waals surface area contributed by atoms with E-state index in [9.17, 15) is 19.1 Å². The summed E-state index contributed by atoms with van der Waals surface area (Å²) in [4.78, 5) is 28.0. The second-order valence-corrected chi connectivity index (χ2v) is 7.32. The van der Waals surface area contributed by atoms with Crippen molar-refractivity contribution in [2.75, 3.05) is 11.9 Å². The van der Waals surface area contributed by atoms with E-state index in [4.69, 9.17) is 0 Å². The number of nitrogens with one attached hydrogen (secondary N) is 1. The van der Waals surface area contributed by atoms with E-state index in [0.717, 1.165) is 11.1 Å². The third-order valence-electron chi connectivity index (χ3n) is 5.20. The van der Waals surface area contributed by atoms with Gasteiger partial charge in [-0.25, -0.2) is 4.39 Å². The zero-order valence-electron chi connectivity index (χ0n) is 17.7. The van der Waals surface area contributed by atoms with Crippen LogP contribution in [0.15, 0.2) is 66.7 Å². The minimum Gasteiger partial charge on any atom is -0.508 e. The van der Waals surface area contributed by atoms with Crippen LogP contribution in [0.1, 0.15) is 40.0 Å². The van der Waals surface area contributed by atoms with Crippen molar-refractivity contribution >= 4 is 17.5 Å². The monoisotopic (exact) mass is 420 g/mol. The second-order valence-electron chi connectivity index (χ2n) is 7.32. The number of hydrogen-bond donors (Lipinski definition) is 2. The summed E-state index contributed by atoms with van der Waals surface area (Å²) >= 11 is 0. The molecule has 0 heterocycles. The lowest BCUT2D eigenvalue weighted by molar-refractivity contribution is -0.120. The molecule has 3 aromatic carbocycles. The molecule has 31 heavy (non-hydrogen) atoms. The summed E-state index contributed by atoms with van der Waals surface area (Å²) in [5.74, 6) is -1.61. The molecule has 6 heteroatoms. The maximum Gasteiger partial charge on any atom is 0.257 e. The fraction of sp³-hybridized carbons (Fsp3) is 0.200. The molecule has 2 amide bonds. The maximum atomic E-state index is 14.3. The third kappa shape index (κ3) is 4.74. The molecule has 0 aliphatic rings. The van der Waals surface area contributed by atoms with Gasteiger partial charge in [-0.2, -0.15) is 0 Å². The largest absolute Gasteiger partial charge is 0.508 e. The van der Waals surface area contributed by atoms with Crippen LogP contribution in [0.3, 0.4) is 0 Å². The first kappa shape index (κ1) is 22.0. The highest BCUT2D eigenvalue weighted by Crippen LogP contribution is 2.28. The lowest BCUT2D eigenvalue weighted by Crippen LogP contribution is -2.41. The first-order valence-electron chi connectivity index (χ1n) is 10.0. The number of para-hydroxylation sites is 1. The number of aromatic hydroxyl groups is 1. The van der Waals surface area contributed by atoms with Gasteiger partial charge in [0.2, 0.25) is 0 Å². The molecule has 0 saturated carbocycles. The number of hydrogen-bond acceptors (Lipinski definition) is 3. The van der Waals surface area contributed by atoms with E-state index in [1.807, 2.05) is 32.0 Å². The van der Waals surface area contributed by atoms with E-state index < -0.39 is 23.7 Å². The third-order valence-corrected chi connectivity index (χ3v) is 5.20. The van der Waals surface area contributed by atoms with Crippen LogP contribution in [0.2, 0.25) is 0 Å². The predicted octanol–water partition coefficient (Wildman–Crippen LogP) is 4.99. The van der Waals surface area contributed by atoms with Gasteiger partial charge >= 0.3 is 0 Å². The van der Waals surface area contributed by atoms with Gasteiger partial charge in [0, 0.05) is 12.2 Å². The van der Waals surface area contributed by atoms with Gasteiger partial charge < -0.3 is 15.3 Å². The Morgan fingerprint density at radius 1 is 0.968 bits per heavy atom. The topological polar surface area (TPSA) is 69.6 Å². The van der Waals surface area contributed by atoms with Gasteiger partial charge in [-0.1, -0.05) is 42.5 Å². The summed E-state index contributed by atoms with van der Waals surface area (Å²) in [7, 11) is 0. The number of halogens is 1. The Bertz CT molecular complexity index is 1080. The summed E-state index contributed by atoms with van der Waals surface area (Å²) in [6.07, 6.45) is 0. The minimum atomic E-state index is -1.02. The van der Waals surface area contributed by atoms with Gasteiger partial charge in [0.15, 0.2) is 0 Å². The Morgan fingerprint density at radius 2 is 1.58 bits per heavy atom. The number of carbonyl (C=O) groups is 2. The molecule has 0 bridgehead atoms. The molecule has 2 N–H and O–H groups in total. The van der Waals surface area contributed by atoms with Crippen molar-refractivity contribution in [3.63, 3.8) is 0 Å². The number of aryl methyl sites for hydroxylation is 2. The van der Waals surface area contributed by atoms with Crippen molar-refractivity contribution in [2.24, 2.45) is 0 Å². The highest BCUT2D eigenvalue weighted by atomic mass is 19.1. The highest BCUT2D eigenvalue weighted by Gasteiger charge is 2.32. The number of nitrogens with zero attached hydrogens (tertiary/aromatic N) is 1. The quantitative estimate of drug-likeness (QED) is 0.590. The number of phenolic OH excluding ortho intramolecular Hbond substituents is 1. The van der Waals surface area contributed by atoms with Crippen LogP contribution in [-0.4, -0.2) is 28.4 Å². The van der Waals surface area contributed by atoms with E-state index in [2.05, 4.69) is 5.32 Å². The van der Waals surface area contributed by atoms with E-state index in [1.54, 1.807) is 25.1 Å². The molecule has 160 valence electrons. The summed E-state index contributed by atoms with van der Waals surface area (Å²) < 4.78 is 14.3. The molecule has 5 nitrogen and oxygen atoms in total. The average molecular weight is 420 g/mol. The number of likely N-dealkylation sites (N-methyl/N-ethyl adjacent to an activating group) is 1. The fourth-order valence-electron chi connectivity index (χ4n) is 3.57. The SMILES string of the molecule is CCN(C(=O)c1ccccc1F)C(C(=O)Nc1c(C)cccc1C)c1ccc(O)cc1. The first-order chi connectivity index (χ1) is 14.8. The van der Waals surface area contributed by atoms with Gasteiger partial charge in [-0.05, 0) is 61.7 Å². The number of rotatable bonds is 6. The molecule has 1 unspecified atom stereocenters. The molecular formula is C25H25FN2O3. The van der Waals surface area contributed by atoms with Crippen molar-refractivity contribution in [1.82, 2.24) is 4.90 Å². The number of anilines is 1. The average Bonchev–Trinajstić information content (AvgIpc) is 2.75. The highest BCUT2D eigenvalue weighted by molar-refractivity contribution is 6.02. The molecule has 0 aliphatic carbocycles. The van der Waals surface area contributed by atoms with E-state index in [0.29, 0.717) is 11.3 Å². The van der Waals surface area contributed by atoms with Gasteiger partial charge in [-0.3, -0.25) is 9.59 Å². The molecule has 0 spiro atoms. The second kappa shape index (κ2) is 9.43. The maximum absolute atomic E-state index is 14.3. The molecule has 0 fully saturated rings. The zero-order valence-corrected chi connectivity index (χ0v) is 17.7. The van der Waals surface area contributed by atoms with Gasteiger partial charge in [0.05, 0.1) is 5.56 Å². The zero-order chi connectivity index (χ0) is 22.5. The Balaban J connectivity index is 2.05. The van der Waals surface area contributed by atoms with E-state index >= 15 is 0 Å². The Morgan fingerprint density at radius 3 is 2.16 bits per heavy atom. The van der Waals surface area contributed by atoms with Crippen LogP contribution < -0.4 is 5.32 Å². The molecule has 3 rings (SSSR count). The van der Waals surface area contributed by atoms with Crippen LogP contribution in [0.5, 0.6) is 5.75 Å². The van der Waals surface area contributed by atoms with Gasteiger partial charge in [-0.15, -0.1) is 0 Å². The van der Waals surface area contributed by atoms with Crippen molar-refractivity contribution in [2.45, 2.75) is 26.8 Å². The van der Waals surface area contributed by atoms with Crippen molar-refractivity contribution in [3.05, 3.63) is 94.8 Å². The molecule has 0 aromatic heterocycles. The molecule has 0 aliphatic heterocycles. The summed E-state index contributed by atoms with van der Waals surface area (Å²) in [5, 5.41) is 12.6. The van der Waals surface area contributed by atoms with Crippen LogP contribution in [0.25, 0.3) is 0 Å². The molecule has 3 aromatic rings. The number of benzene rings is 3. The van der Waals surface area contributed by atoms with Crippen LogP contribution in [-0.2, 0) is 4.79 Å². The molecule has 1 atom stereocenters. The normalized spacial score (nSPS) is 11.6. The van der Waals surface area contributed by atoms with E-state index in [1.165, 1.54) is 35.2 Å². The fourth-order valence-corrected chi connectivity index (χ4v) is 3.57. The van der Waals surface area contributed by atoms with Crippen molar-refractivity contribution in [3.8, 4) is 5.75 Å². The Labute approximate surface area is 181 Å². The molecule has 0 saturated heterocycles. The lowest BCUT2D eigenvalue weighted by Gasteiger charge is -2.31. The molecular weight excluding hydrogens is 395 g/mol. The van der Waals surface area contributed by atoms with Crippen LogP contribution >= 0.6 is 0 Å². The van der Waals surface area contributed by atoms with Crippen LogP contribution in [0.4, 0.5) is 10.1 Å². The Hall–Kier alpha value is -3.67. The lowest BCUT2D eigenvalue weighted by atomic mass is 10.0. The van der Waals surface area contributed by atoms with Crippen molar-refractivity contribution in [1.29, 1.82) is 0 Å². The van der Waals surface area contributed by atoms with Crippen molar-refractivity contribution < 1.29 is 19.1 Å². The van der Waals surface area contributed by atoms with Crippen LogP contribution in [0, 0.1) is 19.7 Å². The first-order valence-corrected chi connectivity index (χ1v) is 10.0. The predicted molar refractivity (Wildman–Crippen MR) is 119 cm³/mol. The Kier molecular flexibility index (Phi) is 6.70. The standard InChI is InChI=1S/C25H25FN2O3/c1-4-28(25(31)20-10-5-6-11-21(20)26)23(18-12-14-19(29)15-13-18)24(30)27-22-16(2)8-7-9-17(22)3/h5-15,23,29H,4H2,1-3H3,(H,27,30). The minimum absolute atomic E-state index is 0.0427. The smallest absolute Gasteiger partial charge is 0.257 e. The summed E-state index contributed by atoms with van der Waals surface area (Å²) in [6.45, 7) is 5.69. The van der Waals surface area contributed by atoms with Gasteiger partial charge in [0.25, 0.3) is 11.8 Å². The summed E-state index contributed by atoms with van der Waals surface area (Å²) in [6, 6.07) is 16.4. The van der Waals surface area contributed by atoms with E-state index in [-0.39, 0.29) is 17.9 Å². The number of carbonyl (C=O) groups excluding carboxylic acids is 2. The number of phenols is 1.